The van der Waals surface area contributed by atoms with E-state index in [1.807, 2.05) is 0 Å². The topological polar surface area (TPSA) is 37.3 Å². The lowest BCUT2D eigenvalue weighted by Gasteiger charge is -2.43. The summed E-state index contributed by atoms with van der Waals surface area (Å²) >= 11 is 0. The first-order valence-electron chi connectivity index (χ1n) is 5.44. The van der Waals surface area contributed by atoms with E-state index in [9.17, 15) is 4.79 Å². The number of allylic oxidation sites excluding steroid dienone is 2. The Kier molecular flexibility index (Phi) is 3.38. The lowest BCUT2D eigenvalue weighted by molar-refractivity contribution is -0.131. The summed E-state index contributed by atoms with van der Waals surface area (Å²) in [6.45, 7) is 10.7. The van der Waals surface area contributed by atoms with Crippen molar-refractivity contribution in [1.29, 1.82) is 0 Å². The molecule has 0 amide bonds. The van der Waals surface area contributed by atoms with E-state index >= 15 is 0 Å². The first-order valence-corrected chi connectivity index (χ1v) is 5.44. The van der Waals surface area contributed by atoms with Crippen LogP contribution in [-0.2, 0) is 4.79 Å². The van der Waals surface area contributed by atoms with Gasteiger partial charge in [-0.25, -0.2) is 4.79 Å². The fourth-order valence-electron chi connectivity index (χ4n) is 2.32. The highest BCUT2D eigenvalue weighted by atomic mass is 16.4. The van der Waals surface area contributed by atoms with E-state index in [1.54, 1.807) is 6.08 Å². The third-order valence-electron chi connectivity index (χ3n) is 3.84. The minimum absolute atomic E-state index is 0.112. The average Bonchev–Trinajstić information content (AvgIpc) is 2.11. The molecule has 0 aromatic heterocycles. The number of carboxylic acid groups (broad SMARTS) is 1. The zero-order valence-corrected chi connectivity index (χ0v) is 9.79. The molecule has 1 aliphatic carbocycles. The second kappa shape index (κ2) is 4.21. The summed E-state index contributed by atoms with van der Waals surface area (Å²) in [6, 6.07) is 0. The van der Waals surface area contributed by atoms with Gasteiger partial charge in [0, 0.05) is 12.0 Å². The molecule has 15 heavy (non-hydrogen) atoms. The largest absolute Gasteiger partial charge is 0.478 e. The number of hydrogen-bond donors (Lipinski definition) is 1. The molecule has 0 bridgehead atoms. The molecule has 0 radical (unpaired) electrons. The van der Waals surface area contributed by atoms with Crippen LogP contribution in [0.4, 0.5) is 0 Å². The molecular weight excluding hydrogens is 188 g/mol. The van der Waals surface area contributed by atoms with E-state index in [1.165, 1.54) is 6.08 Å². The van der Waals surface area contributed by atoms with Gasteiger partial charge in [0.1, 0.15) is 0 Å². The maximum atomic E-state index is 10.5. The molecular formula is C13H20O2. The second-order valence-electron chi connectivity index (χ2n) is 5.09. The van der Waals surface area contributed by atoms with Gasteiger partial charge in [-0.1, -0.05) is 39.0 Å². The van der Waals surface area contributed by atoms with Crippen LogP contribution in [0.25, 0.3) is 0 Å². The number of rotatable bonds is 2. The van der Waals surface area contributed by atoms with Crippen LogP contribution in [-0.4, -0.2) is 11.1 Å². The van der Waals surface area contributed by atoms with E-state index in [0.29, 0.717) is 5.92 Å². The molecule has 0 spiro atoms. The summed E-state index contributed by atoms with van der Waals surface area (Å²) in [5, 5.41) is 8.65. The van der Waals surface area contributed by atoms with Gasteiger partial charge in [0.15, 0.2) is 0 Å². The Morgan fingerprint density at radius 1 is 1.60 bits per heavy atom. The van der Waals surface area contributed by atoms with Crippen molar-refractivity contribution in [1.82, 2.24) is 0 Å². The minimum Gasteiger partial charge on any atom is -0.478 e. The summed E-state index contributed by atoms with van der Waals surface area (Å²) in [5.74, 6) is -0.0828. The third-order valence-corrected chi connectivity index (χ3v) is 3.84. The molecule has 2 nitrogen and oxygen atoms in total. The van der Waals surface area contributed by atoms with E-state index in [-0.39, 0.29) is 11.3 Å². The van der Waals surface area contributed by atoms with E-state index in [2.05, 4.69) is 27.4 Å². The number of aliphatic carboxylic acids is 1. The molecule has 0 saturated heterocycles. The zero-order valence-electron chi connectivity index (χ0n) is 9.79. The van der Waals surface area contributed by atoms with Gasteiger partial charge in [-0.15, -0.1) is 0 Å². The van der Waals surface area contributed by atoms with Crippen molar-refractivity contribution in [3.05, 3.63) is 24.3 Å². The Labute approximate surface area is 91.7 Å². The molecule has 0 aromatic carbocycles. The fourth-order valence-corrected chi connectivity index (χ4v) is 2.32. The molecule has 0 heterocycles. The highest BCUT2D eigenvalue weighted by Crippen LogP contribution is 2.47. The summed E-state index contributed by atoms with van der Waals surface area (Å²) in [5.41, 5.74) is 1.27. The predicted octanol–water partition coefficient (Wildman–Crippen LogP) is 3.26. The lowest BCUT2D eigenvalue weighted by atomic mass is 9.61. The predicted molar refractivity (Wildman–Crippen MR) is 61.6 cm³/mol. The van der Waals surface area contributed by atoms with Gasteiger partial charge < -0.3 is 5.11 Å². The van der Waals surface area contributed by atoms with Gasteiger partial charge in [-0.2, -0.15) is 0 Å². The molecule has 1 rings (SSSR count). The monoisotopic (exact) mass is 208 g/mol. The molecule has 2 heteroatoms. The summed E-state index contributed by atoms with van der Waals surface area (Å²) < 4.78 is 0. The highest BCUT2D eigenvalue weighted by Gasteiger charge is 2.38. The highest BCUT2D eigenvalue weighted by molar-refractivity contribution is 5.79. The Morgan fingerprint density at radius 3 is 2.73 bits per heavy atom. The van der Waals surface area contributed by atoms with Gasteiger partial charge in [0.2, 0.25) is 0 Å². The van der Waals surface area contributed by atoms with Gasteiger partial charge >= 0.3 is 5.97 Å². The van der Waals surface area contributed by atoms with Gasteiger partial charge in [0.25, 0.3) is 0 Å². The van der Waals surface area contributed by atoms with Gasteiger partial charge in [-0.05, 0) is 24.2 Å². The molecule has 1 fully saturated rings. The number of carboxylic acids is 1. The standard InChI is InChI=1S/C13H20O2/c1-9-5-6-10(2)13(3,4)11(9)7-8-12(14)15/h7-8,10-11H,1,5-6H2,2-4H3,(H,14,15)/b8-7+/t10-,11+/m0/s1. The molecule has 1 aliphatic rings. The van der Waals surface area contributed by atoms with Crippen LogP contribution in [0, 0.1) is 17.3 Å². The second-order valence-corrected chi connectivity index (χ2v) is 5.09. The Bertz CT molecular complexity index is 300. The lowest BCUT2D eigenvalue weighted by Crippen LogP contribution is -2.35. The smallest absolute Gasteiger partial charge is 0.327 e. The zero-order chi connectivity index (χ0) is 11.6. The number of carbonyl (C=O) groups is 1. The Hall–Kier alpha value is -1.05. The molecule has 0 aliphatic heterocycles. The average molecular weight is 208 g/mol. The van der Waals surface area contributed by atoms with Crippen LogP contribution in [0.3, 0.4) is 0 Å². The molecule has 1 N–H and O–H groups in total. The van der Waals surface area contributed by atoms with Crippen LogP contribution in [0.1, 0.15) is 33.6 Å². The first-order chi connectivity index (χ1) is 6.85. The number of hydrogen-bond acceptors (Lipinski definition) is 1. The molecule has 0 aromatic rings. The van der Waals surface area contributed by atoms with Crippen LogP contribution >= 0.6 is 0 Å². The Balaban J connectivity index is 2.90. The SMILES string of the molecule is C=C1CC[C@H](C)C(C)(C)[C@@H]1/C=C/C(=O)O. The third kappa shape index (κ3) is 2.49. The Morgan fingerprint density at radius 2 is 2.20 bits per heavy atom. The normalized spacial score (nSPS) is 30.7. The van der Waals surface area contributed by atoms with Gasteiger partial charge in [-0.3, -0.25) is 0 Å². The van der Waals surface area contributed by atoms with Crippen LogP contribution in [0.5, 0.6) is 0 Å². The van der Waals surface area contributed by atoms with E-state index in [0.717, 1.165) is 18.4 Å². The van der Waals surface area contributed by atoms with Crippen LogP contribution in [0.2, 0.25) is 0 Å². The first kappa shape index (κ1) is 12.0. The molecule has 2 atom stereocenters. The van der Waals surface area contributed by atoms with Crippen molar-refractivity contribution >= 4 is 5.97 Å². The molecule has 1 saturated carbocycles. The summed E-state index contributed by atoms with van der Waals surface area (Å²) in [7, 11) is 0. The van der Waals surface area contributed by atoms with Crippen molar-refractivity contribution in [2.45, 2.75) is 33.6 Å². The van der Waals surface area contributed by atoms with Crippen molar-refractivity contribution in [3.8, 4) is 0 Å². The van der Waals surface area contributed by atoms with Crippen molar-refractivity contribution in [2.75, 3.05) is 0 Å². The van der Waals surface area contributed by atoms with Crippen LogP contribution in [0.15, 0.2) is 24.3 Å². The maximum Gasteiger partial charge on any atom is 0.327 e. The van der Waals surface area contributed by atoms with Crippen LogP contribution < -0.4 is 0 Å². The van der Waals surface area contributed by atoms with E-state index < -0.39 is 5.97 Å². The molecule has 0 unspecified atom stereocenters. The minimum atomic E-state index is -0.878. The van der Waals surface area contributed by atoms with Crippen molar-refractivity contribution in [3.63, 3.8) is 0 Å². The van der Waals surface area contributed by atoms with Crippen molar-refractivity contribution < 1.29 is 9.90 Å². The maximum absolute atomic E-state index is 10.5. The van der Waals surface area contributed by atoms with E-state index in [4.69, 9.17) is 5.11 Å². The fraction of sp³-hybridized carbons (Fsp3) is 0.615. The summed E-state index contributed by atoms with van der Waals surface area (Å²) in [4.78, 5) is 10.5. The van der Waals surface area contributed by atoms with Crippen molar-refractivity contribution in [2.24, 2.45) is 17.3 Å². The van der Waals surface area contributed by atoms with Gasteiger partial charge in [0.05, 0.1) is 0 Å². The quantitative estimate of drug-likeness (QED) is 0.558. The molecule has 84 valence electrons. The summed E-state index contributed by atoms with van der Waals surface area (Å²) in [6.07, 6.45) is 5.21.